The molecular formula is C94H177F27. The van der Waals surface area contributed by atoms with E-state index in [2.05, 4.69) is 90.0 Å². The molecule has 0 aliphatic carbocycles. The second-order valence-electron chi connectivity index (χ2n) is 37.9. The minimum atomic E-state index is -4.52. The molecule has 3 unspecified atom stereocenters. The molecule has 0 fully saturated rings. The highest BCUT2D eigenvalue weighted by Gasteiger charge is 2.39. The fraction of sp³-hybridized carbons (Fsp3) is 1.00. The average molecular weight is 1820 g/mol. The minimum Gasteiger partial charge on any atom is -0.171 e. The van der Waals surface area contributed by atoms with E-state index >= 15 is 0 Å². The summed E-state index contributed by atoms with van der Waals surface area (Å²) < 4.78 is 326. The van der Waals surface area contributed by atoms with Crippen LogP contribution in [0, 0.1) is 94.7 Å². The van der Waals surface area contributed by atoms with Gasteiger partial charge in [0.2, 0.25) is 0 Å². The quantitative estimate of drug-likeness (QED) is 0.0533. The van der Waals surface area contributed by atoms with Crippen LogP contribution in [0.15, 0.2) is 0 Å². The largest absolute Gasteiger partial charge is 0.389 e. The minimum absolute atomic E-state index is 0.0122. The molecule has 0 aromatic heterocycles. The molecule has 0 bridgehead atoms. The van der Waals surface area contributed by atoms with Gasteiger partial charge >= 0.3 is 55.6 Å². The molecule has 0 aliphatic heterocycles. The molecule has 0 saturated heterocycles. The summed E-state index contributed by atoms with van der Waals surface area (Å²) in [5.41, 5.74) is 0. The van der Waals surface area contributed by atoms with Crippen LogP contribution >= 0.6 is 0 Å². The van der Waals surface area contributed by atoms with Gasteiger partial charge in [-0.25, -0.2) is 0 Å². The number of hydrogen-bond acceptors (Lipinski definition) is 0. The van der Waals surface area contributed by atoms with E-state index in [4.69, 9.17) is 0 Å². The summed E-state index contributed by atoms with van der Waals surface area (Å²) in [4.78, 5) is 0. The molecule has 0 amide bonds. The van der Waals surface area contributed by atoms with Gasteiger partial charge in [0.25, 0.3) is 0 Å². The maximum Gasteiger partial charge on any atom is 0.389 e. The summed E-state index contributed by atoms with van der Waals surface area (Å²) in [6.45, 7) is 48.5. The van der Waals surface area contributed by atoms with E-state index < -0.39 is 125 Å². The van der Waals surface area contributed by atoms with E-state index in [0.717, 1.165) is 101 Å². The van der Waals surface area contributed by atoms with E-state index in [9.17, 15) is 119 Å². The summed E-state index contributed by atoms with van der Waals surface area (Å²) >= 11 is 0. The number of rotatable bonds is 54. The molecule has 0 aromatic rings. The molecule has 742 valence electrons. The zero-order valence-corrected chi connectivity index (χ0v) is 79.5. The Morgan fingerprint density at radius 2 is 0.306 bits per heavy atom. The standard InChI is InChI=1S/C14H24F6.C14H27F3.C12H20F6.C12H23F3.C12H26.C10H16F6.C10H19F3.C10H22/c1-11(2)7-8-12(5-3-9-13(15,16)17)6-4-10-14(18,19)20;1-4-5-7-13(10-9-12(2)3)8-6-11-14(15,16)17;1-9(2)3-4-10(5-7-11(13,14)15)6-8-12(16,17)18;1-4-5-11(7-6-10(2)3)8-9-12(13,14)15;1-5-7-12(8-6-2)10-9-11(3)4;1-7(2)3-4-8(5-9(11,12)13)6-10(14,15)16;1-4-9(6-5-8(2)3)7-10(11,12)13;1-5-10(6-2)8-7-9(3)4/h11-12H,3-10H2,1-2H3;12-13H,4-11H2,1-3H3;9-10H,3-8H2,1-2H3;10-11H,4-9H2,1-3H3;11-12H,5-10H2,1-4H3;7-8H,3-6H2,1-2H3;8-9H,4-7H2,1-3H3;9-10H,5-8H2,1-4H3. The van der Waals surface area contributed by atoms with Crippen LogP contribution in [-0.4, -0.2) is 55.6 Å². The van der Waals surface area contributed by atoms with Gasteiger partial charge in [0, 0.05) is 57.8 Å². The van der Waals surface area contributed by atoms with Crippen molar-refractivity contribution in [1.82, 2.24) is 0 Å². The Labute approximate surface area is 720 Å². The molecular weight excluding hydrogens is 1640 g/mol. The maximum absolute atomic E-state index is 12.1. The summed E-state index contributed by atoms with van der Waals surface area (Å²) in [7, 11) is 0. The summed E-state index contributed by atoms with van der Waals surface area (Å²) in [6.07, 6.45) is -15.6. The van der Waals surface area contributed by atoms with Crippen LogP contribution in [0.1, 0.15) is 455 Å². The molecule has 121 heavy (non-hydrogen) atoms. The molecule has 0 nitrogen and oxygen atoms in total. The Balaban J connectivity index is -0.000000202. The first-order valence-electron chi connectivity index (χ1n) is 46.5. The molecule has 3 atom stereocenters. The van der Waals surface area contributed by atoms with E-state index in [0.29, 0.717) is 99.7 Å². The van der Waals surface area contributed by atoms with E-state index in [1.54, 1.807) is 13.8 Å². The molecule has 0 spiro atoms. The van der Waals surface area contributed by atoms with Gasteiger partial charge in [-0.15, -0.1) is 0 Å². The Morgan fingerprint density at radius 3 is 0.488 bits per heavy atom. The number of hydrogen-bond donors (Lipinski definition) is 0. The van der Waals surface area contributed by atoms with Gasteiger partial charge in [0.15, 0.2) is 0 Å². The van der Waals surface area contributed by atoms with E-state index in [1.165, 1.54) is 64.2 Å². The SMILES string of the molecule is CC(C)CCC(CC(F)(F)F)CC(F)(F)F.CC(C)CCC(CCC(F)(F)F)CCC(F)(F)F.CC(C)CCC(CCCC(F)(F)F)CCCC(F)(F)F.CCC(CC)CCC(C)C.CCC(CCC(C)C)CC(F)(F)F.CCCC(CCC(C)C)CCC(F)(F)F.CCCC(CCC)CCC(C)C.CCCCC(CCCC(F)(F)F)CCC(C)C. The third kappa shape index (κ3) is 129. The number of halogens is 27. The molecule has 0 aliphatic rings. The van der Waals surface area contributed by atoms with Crippen molar-refractivity contribution in [3.63, 3.8) is 0 Å². The van der Waals surface area contributed by atoms with Crippen LogP contribution in [0.4, 0.5) is 119 Å². The van der Waals surface area contributed by atoms with Crippen LogP contribution < -0.4 is 0 Å². The summed E-state index contributed by atoms with van der Waals surface area (Å²) in [6, 6.07) is 0. The summed E-state index contributed by atoms with van der Waals surface area (Å²) in [5.74, 6) is 5.09. The normalized spacial score (nSPS) is 13.6. The van der Waals surface area contributed by atoms with Gasteiger partial charge in [0.05, 0.1) is 0 Å². The lowest BCUT2D eigenvalue weighted by molar-refractivity contribution is -0.174. The Kier molecular flexibility index (Phi) is 84.4. The maximum atomic E-state index is 12.1. The molecule has 0 N–H and O–H groups in total. The summed E-state index contributed by atoms with van der Waals surface area (Å²) in [5, 5.41) is 0. The zero-order chi connectivity index (χ0) is 96.3. The van der Waals surface area contributed by atoms with Crippen LogP contribution in [0.25, 0.3) is 0 Å². The van der Waals surface area contributed by atoms with Gasteiger partial charge in [0.1, 0.15) is 0 Å². The monoisotopic (exact) mass is 1820 g/mol. The van der Waals surface area contributed by atoms with Crippen molar-refractivity contribution in [3.05, 3.63) is 0 Å². The number of unbranched alkanes of at least 4 members (excludes halogenated alkanes) is 1. The molecule has 0 aromatic carbocycles. The average Bonchev–Trinajstić information content (AvgIpc) is 0.895. The van der Waals surface area contributed by atoms with E-state index in [-0.39, 0.29) is 55.8 Å². The lowest BCUT2D eigenvalue weighted by Gasteiger charge is -2.20. The topological polar surface area (TPSA) is 0 Å². The first-order valence-corrected chi connectivity index (χ1v) is 46.5. The van der Waals surface area contributed by atoms with Crippen molar-refractivity contribution in [2.24, 2.45) is 94.7 Å². The van der Waals surface area contributed by atoms with Crippen molar-refractivity contribution in [2.75, 3.05) is 0 Å². The van der Waals surface area contributed by atoms with Crippen LogP contribution in [0.2, 0.25) is 0 Å². The predicted octanol–water partition coefficient (Wildman–Crippen LogP) is 41.2. The van der Waals surface area contributed by atoms with Gasteiger partial charge in [-0.3, -0.25) is 0 Å². The fourth-order valence-electron chi connectivity index (χ4n) is 13.7. The second-order valence-corrected chi connectivity index (χ2v) is 37.9. The van der Waals surface area contributed by atoms with Crippen molar-refractivity contribution >= 4 is 0 Å². The smallest absolute Gasteiger partial charge is 0.171 e. The molecule has 0 saturated carbocycles. The third-order valence-corrected chi connectivity index (χ3v) is 21.3. The van der Waals surface area contributed by atoms with Crippen molar-refractivity contribution < 1.29 is 119 Å². The highest BCUT2D eigenvalue weighted by Crippen LogP contribution is 2.39. The zero-order valence-electron chi connectivity index (χ0n) is 79.5. The fourth-order valence-corrected chi connectivity index (χ4v) is 13.7. The number of alkyl halides is 27. The van der Waals surface area contributed by atoms with Crippen molar-refractivity contribution in [1.29, 1.82) is 0 Å². The van der Waals surface area contributed by atoms with Crippen molar-refractivity contribution in [3.8, 4) is 0 Å². The highest BCUT2D eigenvalue weighted by molar-refractivity contribution is 4.73. The van der Waals surface area contributed by atoms with Gasteiger partial charge < -0.3 is 0 Å². The molecule has 0 rings (SSSR count). The van der Waals surface area contributed by atoms with Crippen LogP contribution in [0.3, 0.4) is 0 Å². The lowest BCUT2D eigenvalue weighted by atomic mass is 9.89. The lowest BCUT2D eigenvalue weighted by Crippen LogP contribution is -2.22. The third-order valence-electron chi connectivity index (χ3n) is 21.3. The molecule has 0 radical (unpaired) electrons. The molecule has 27 heteroatoms. The van der Waals surface area contributed by atoms with Gasteiger partial charge in [-0.05, 0) is 146 Å². The predicted molar refractivity (Wildman–Crippen MR) is 453 cm³/mol. The Hall–Kier alpha value is -1.89. The Morgan fingerprint density at radius 1 is 0.140 bits per heavy atom. The molecule has 0 heterocycles. The first kappa shape index (κ1) is 135. The van der Waals surface area contributed by atoms with E-state index in [1.807, 2.05) is 55.4 Å². The van der Waals surface area contributed by atoms with Crippen molar-refractivity contribution in [2.45, 2.75) is 510 Å². The highest BCUT2D eigenvalue weighted by atomic mass is 19.4. The van der Waals surface area contributed by atoms with Gasteiger partial charge in [-0.1, -0.05) is 345 Å². The van der Waals surface area contributed by atoms with Gasteiger partial charge in [-0.2, -0.15) is 119 Å². The first-order chi connectivity index (χ1) is 54.9. The second kappa shape index (κ2) is 75.9. The Bertz CT molecular complexity index is 2060. The van der Waals surface area contributed by atoms with Crippen LogP contribution in [-0.2, 0) is 0 Å². The van der Waals surface area contributed by atoms with Crippen LogP contribution in [0.5, 0.6) is 0 Å².